The Morgan fingerprint density at radius 1 is 1.33 bits per heavy atom. The number of likely N-dealkylation sites (tertiary alicyclic amines) is 1. The highest BCUT2D eigenvalue weighted by Crippen LogP contribution is 2.32. The summed E-state index contributed by atoms with van der Waals surface area (Å²) in [5.41, 5.74) is -0.680. The molecule has 148 valence electrons. The molecule has 3 N–H and O–H groups in total. The maximum atomic E-state index is 12.5. The Bertz CT molecular complexity index is 867. The number of sulfonamides is 1. The number of benzene rings is 1. The van der Waals surface area contributed by atoms with Crippen LogP contribution >= 0.6 is 0 Å². The number of amides is 2. The highest BCUT2D eigenvalue weighted by Gasteiger charge is 2.42. The minimum atomic E-state index is -3.76. The number of aliphatic carboxylic acids is 1. The van der Waals surface area contributed by atoms with E-state index in [1.165, 1.54) is 24.1 Å². The van der Waals surface area contributed by atoms with Crippen molar-refractivity contribution in [3.8, 4) is 5.75 Å². The molecule has 3 rings (SSSR count). The van der Waals surface area contributed by atoms with Crippen LogP contribution in [0, 0.1) is 5.41 Å². The first-order valence-electron chi connectivity index (χ1n) is 8.64. The summed E-state index contributed by atoms with van der Waals surface area (Å²) in [6, 6.07) is 3.83. The van der Waals surface area contributed by atoms with Crippen molar-refractivity contribution in [3.63, 3.8) is 0 Å². The molecule has 2 aliphatic rings. The molecule has 1 aliphatic carbocycles. The Kier molecular flexibility index (Phi) is 5.04. The molecule has 1 atom stereocenters. The normalized spacial score (nSPS) is 22.5. The van der Waals surface area contributed by atoms with Gasteiger partial charge in [0.1, 0.15) is 10.6 Å². The summed E-state index contributed by atoms with van der Waals surface area (Å²) in [6.45, 7) is 2.02. The second kappa shape index (κ2) is 7.01. The van der Waals surface area contributed by atoms with E-state index >= 15 is 0 Å². The van der Waals surface area contributed by atoms with Crippen molar-refractivity contribution >= 4 is 27.7 Å². The number of carbonyl (C=O) groups excluding carboxylic acids is 1. The zero-order chi connectivity index (χ0) is 19.8. The van der Waals surface area contributed by atoms with Gasteiger partial charge in [0.05, 0.1) is 12.5 Å². The van der Waals surface area contributed by atoms with E-state index in [4.69, 9.17) is 4.74 Å². The van der Waals surface area contributed by atoms with Crippen LogP contribution in [0.1, 0.15) is 26.2 Å². The van der Waals surface area contributed by atoms with Crippen molar-refractivity contribution in [2.24, 2.45) is 5.41 Å². The number of hydrogen-bond acceptors (Lipinski definition) is 5. The van der Waals surface area contributed by atoms with Gasteiger partial charge in [0.25, 0.3) is 0 Å². The monoisotopic (exact) mass is 397 g/mol. The molecule has 1 saturated heterocycles. The smallest absolute Gasteiger partial charge is 0.321 e. The minimum Gasteiger partial charge on any atom is -0.495 e. The molecule has 10 heteroatoms. The summed E-state index contributed by atoms with van der Waals surface area (Å²) in [7, 11) is -2.39. The predicted molar refractivity (Wildman–Crippen MR) is 97.3 cm³/mol. The Balaban J connectivity index is 1.76. The molecule has 1 aromatic rings. The third kappa shape index (κ3) is 4.16. The van der Waals surface area contributed by atoms with Gasteiger partial charge in [0.15, 0.2) is 0 Å². The van der Waals surface area contributed by atoms with E-state index in [0.717, 1.165) is 12.8 Å². The van der Waals surface area contributed by atoms with Gasteiger partial charge < -0.3 is 20.1 Å². The van der Waals surface area contributed by atoms with Crippen LogP contribution in [0.5, 0.6) is 5.75 Å². The quantitative estimate of drug-likeness (QED) is 0.667. The zero-order valence-electron chi connectivity index (χ0n) is 15.2. The fourth-order valence-electron chi connectivity index (χ4n) is 2.96. The largest absolute Gasteiger partial charge is 0.495 e. The van der Waals surface area contributed by atoms with Gasteiger partial charge in [0, 0.05) is 24.8 Å². The van der Waals surface area contributed by atoms with Crippen LogP contribution in [0.3, 0.4) is 0 Å². The fraction of sp³-hybridized carbons (Fsp3) is 0.529. The Hall–Kier alpha value is -2.33. The van der Waals surface area contributed by atoms with Gasteiger partial charge in [-0.1, -0.05) is 0 Å². The highest BCUT2D eigenvalue weighted by atomic mass is 32.2. The summed E-state index contributed by atoms with van der Waals surface area (Å²) in [5, 5.41) is 11.9. The Morgan fingerprint density at radius 2 is 2.04 bits per heavy atom. The van der Waals surface area contributed by atoms with E-state index in [9.17, 15) is 23.1 Å². The number of ether oxygens (including phenoxy) is 1. The lowest BCUT2D eigenvalue weighted by Gasteiger charge is -2.21. The second-order valence-electron chi connectivity index (χ2n) is 7.23. The van der Waals surface area contributed by atoms with E-state index in [-0.39, 0.29) is 23.2 Å². The van der Waals surface area contributed by atoms with E-state index in [0.29, 0.717) is 18.7 Å². The molecule has 1 aliphatic heterocycles. The van der Waals surface area contributed by atoms with Crippen molar-refractivity contribution in [1.29, 1.82) is 0 Å². The van der Waals surface area contributed by atoms with Crippen LogP contribution in [-0.4, -0.2) is 56.7 Å². The maximum absolute atomic E-state index is 12.5. The lowest BCUT2D eigenvalue weighted by molar-refractivity contribution is -0.146. The van der Waals surface area contributed by atoms with Crippen molar-refractivity contribution in [2.75, 3.05) is 25.5 Å². The molecule has 27 heavy (non-hydrogen) atoms. The molecule has 2 fully saturated rings. The molecule has 0 spiro atoms. The van der Waals surface area contributed by atoms with E-state index in [1.54, 1.807) is 13.0 Å². The summed E-state index contributed by atoms with van der Waals surface area (Å²) >= 11 is 0. The molecule has 2 amide bonds. The molecule has 9 nitrogen and oxygen atoms in total. The lowest BCUT2D eigenvalue weighted by atomic mass is 9.90. The molecule has 1 aromatic carbocycles. The molecule has 0 radical (unpaired) electrons. The van der Waals surface area contributed by atoms with Crippen molar-refractivity contribution in [2.45, 2.75) is 37.1 Å². The average molecular weight is 397 g/mol. The third-order valence-corrected chi connectivity index (χ3v) is 6.42. The number of carboxylic acid groups (broad SMARTS) is 1. The van der Waals surface area contributed by atoms with Gasteiger partial charge >= 0.3 is 12.0 Å². The predicted octanol–water partition coefficient (Wildman–Crippen LogP) is 1.46. The first-order valence-corrected chi connectivity index (χ1v) is 10.1. The summed E-state index contributed by atoms with van der Waals surface area (Å²) < 4.78 is 32.8. The van der Waals surface area contributed by atoms with Crippen molar-refractivity contribution in [1.82, 2.24) is 9.62 Å². The van der Waals surface area contributed by atoms with Gasteiger partial charge in [-0.15, -0.1) is 0 Å². The first-order chi connectivity index (χ1) is 12.6. The first kappa shape index (κ1) is 19.4. The number of anilines is 1. The van der Waals surface area contributed by atoms with Crippen LogP contribution in [0.2, 0.25) is 0 Å². The number of carboxylic acids is 1. The second-order valence-corrected chi connectivity index (χ2v) is 8.91. The van der Waals surface area contributed by atoms with Crippen molar-refractivity contribution < 1.29 is 27.9 Å². The molecule has 1 saturated carbocycles. The van der Waals surface area contributed by atoms with Gasteiger partial charge in [-0.25, -0.2) is 17.9 Å². The minimum absolute atomic E-state index is 0.0495. The number of carbonyl (C=O) groups is 2. The third-order valence-electron chi connectivity index (χ3n) is 4.88. The lowest BCUT2D eigenvalue weighted by Crippen LogP contribution is -2.37. The van der Waals surface area contributed by atoms with Gasteiger partial charge in [-0.2, -0.15) is 0 Å². The standard InChI is InChI=1S/C17H23N3O6S/c1-17(15(21)22)7-8-20(10-17)16(23)18-12-5-6-13(26-2)14(9-12)27(24,25)19-11-3-4-11/h5-6,9,11,19H,3-4,7-8,10H2,1-2H3,(H,18,23)(H,21,22). The fourth-order valence-corrected chi connectivity index (χ4v) is 4.46. The van der Waals surface area contributed by atoms with E-state index < -0.39 is 27.4 Å². The number of hydrogen-bond donors (Lipinski definition) is 3. The van der Waals surface area contributed by atoms with Gasteiger partial charge in [-0.3, -0.25) is 4.79 Å². The van der Waals surface area contributed by atoms with Crippen LogP contribution in [0.25, 0.3) is 0 Å². The Morgan fingerprint density at radius 3 is 2.59 bits per heavy atom. The zero-order valence-corrected chi connectivity index (χ0v) is 16.0. The van der Waals surface area contributed by atoms with E-state index in [1.807, 2.05) is 0 Å². The van der Waals surface area contributed by atoms with Crippen LogP contribution < -0.4 is 14.8 Å². The van der Waals surface area contributed by atoms with Crippen LogP contribution in [0.15, 0.2) is 23.1 Å². The summed E-state index contributed by atoms with van der Waals surface area (Å²) in [5.74, 6) is -0.762. The number of urea groups is 1. The SMILES string of the molecule is COc1ccc(NC(=O)N2CCC(C)(C(=O)O)C2)cc1S(=O)(=O)NC1CC1. The summed E-state index contributed by atoms with van der Waals surface area (Å²) in [6.07, 6.45) is 1.97. The van der Waals surface area contributed by atoms with Crippen LogP contribution in [-0.2, 0) is 14.8 Å². The number of methoxy groups -OCH3 is 1. The Labute approximate surface area is 157 Å². The van der Waals surface area contributed by atoms with E-state index in [2.05, 4.69) is 10.0 Å². The average Bonchev–Trinajstić information content (AvgIpc) is 3.31. The number of rotatable bonds is 6. The maximum Gasteiger partial charge on any atom is 0.321 e. The number of nitrogens with one attached hydrogen (secondary N) is 2. The van der Waals surface area contributed by atoms with Gasteiger partial charge in [0.2, 0.25) is 10.0 Å². The molecule has 0 aromatic heterocycles. The number of nitrogens with zero attached hydrogens (tertiary/aromatic N) is 1. The van der Waals surface area contributed by atoms with Crippen LogP contribution in [0.4, 0.5) is 10.5 Å². The van der Waals surface area contributed by atoms with Gasteiger partial charge in [-0.05, 0) is 44.4 Å². The molecular weight excluding hydrogens is 374 g/mol. The highest BCUT2D eigenvalue weighted by molar-refractivity contribution is 7.89. The molecule has 1 unspecified atom stereocenters. The van der Waals surface area contributed by atoms with Crippen molar-refractivity contribution in [3.05, 3.63) is 18.2 Å². The molecular formula is C17H23N3O6S. The molecule has 0 bridgehead atoms. The molecule has 1 heterocycles. The topological polar surface area (TPSA) is 125 Å². The summed E-state index contributed by atoms with van der Waals surface area (Å²) in [4.78, 5) is 25.1.